The lowest BCUT2D eigenvalue weighted by atomic mass is 9.91. The van der Waals surface area contributed by atoms with Crippen molar-refractivity contribution < 1.29 is 9.53 Å². The quantitative estimate of drug-likeness (QED) is 0.848. The molecule has 5 heteroatoms. The second-order valence-electron chi connectivity index (χ2n) is 4.81. The fraction of sp³-hybridized carbons (Fsp3) is 0.467. The number of allylic oxidation sites excluding steroid dienone is 1. The van der Waals surface area contributed by atoms with Crippen LogP contribution < -0.4 is 5.32 Å². The highest BCUT2D eigenvalue weighted by atomic mass is 32.1. The van der Waals surface area contributed by atoms with Crippen molar-refractivity contribution in [1.82, 2.24) is 5.32 Å². The van der Waals surface area contributed by atoms with Gasteiger partial charge in [0.2, 0.25) is 0 Å². The van der Waals surface area contributed by atoms with E-state index in [0.29, 0.717) is 12.2 Å². The van der Waals surface area contributed by atoms with Gasteiger partial charge in [-0.25, -0.2) is 0 Å². The number of rotatable bonds is 5. The number of hydrogen-bond donors (Lipinski definition) is 1. The largest absolute Gasteiger partial charge is 0.381 e. The number of amides is 1. The minimum absolute atomic E-state index is 0.0650. The lowest BCUT2D eigenvalue weighted by molar-refractivity contribution is 0.0430. The first-order valence-electron chi connectivity index (χ1n) is 6.80. The first-order chi connectivity index (χ1) is 9.76. The van der Waals surface area contributed by atoms with Gasteiger partial charge < -0.3 is 10.1 Å². The lowest BCUT2D eigenvalue weighted by Crippen LogP contribution is -2.44. The van der Waals surface area contributed by atoms with Crippen LogP contribution in [0.25, 0.3) is 0 Å². The maximum absolute atomic E-state index is 12.3. The van der Waals surface area contributed by atoms with Crippen molar-refractivity contribution in [2.75, 3.05) is 13.2 Å². The van der Waals surface area contributed by atoms with Gasteiger partial charge in [0.05, 0.1) is 23.9 Å². The van der Waals surface area contributed by atoms with Crippen LogP contribution in [0.5, 0.6) is 0 Å². The third-order valence-electron chi connectivity index (χ3n) is 3.53. The van der Waals surface area contributed by atoms with Gasteiger partial charge in [0.15, 0.2) is 0 Å². The summed E-state index contributed by atoms with van der Waals surface area (Å²) in [6, 6.07) is 1.69. The van der Waals surface area contributed by atoms with Gasteiger partial charge in [-0.05, 0) is 37.9 Å². The SMILES string of the molecule is C=NC(=CC)C(NC(=O)c1ccsc1)C1CCCOC1. The summed E-state index contributed by atoms with van der Waals surface area (Å²) in [6.07, 6.45) is 3.95. The Balaban J connectivity index is 2.13. The maximum Gasteiger partial charge on any atom is 0.252 e. The predicted octanol–water partition coefficient (Wildman–Crippen LogP) is 2.88. The van der Waals surface area contributed by atoms with Crippen LogP contribution in [0.4, 0.5) is 0 Å². The molecular formula is C15H20N2O2S. The molecule has 1 saturated heterocycles. The van der Waals surface area contributed by atoms with E-state index in [1.807, 2.05) is 29.8 Å². The molecule has 0 saturated carbocycles. The van der Waals surface area contributed by atoms with Gasteiger partial charge in [-0.3, -0.25) is 9.79 Å². The Hall–Kier alpha value is -1.46. The normalized spacial score (nSPS) is 21.2. The van der Waals surface area contributed by atoms with Gasteiger partial charge in [-0.15, -0.1) is 0 Å². The molecule has 2 atom stereocenters. The minimum Gasteiger partial charge on any atom is -0.381 e. The van der Waals surface area contributed by atoms with Crippen LogP contribution in [0.3, 0.4) is 0 Å². The molecule has 0 bridgehead atoms. The monoisotopic (exact) mass is 292 g/mol. The Morgan fingerprint density at radius 3 is 3.10 bits per heavy atom. The van der Waals surface area contributed by atoms with E-state index in [2.05, 4.69) is 17.0 Å². The molecule has 1 aliphatic heterocycles. The van der Waals surface area contributed by atoms with Crippen LogP contribution in [0.15, 0.2) is 33.6 Å². The van der Waals surface area contributed by atoms with Gasteiger partial charge in [-0.2, -0.15) is 11.3 Å². The van der Waals surface area contributed by atoms with E-state index in [9.17, 15) is 4.79 Å². The number of carbonyl (C=O) groups is 1. The van der Waals surface area contributed by atoms with Crippen LogP contribution in [-0.2, 0) is 4.74 Å². The molecule has 2 rings (SSSR count). The highest BCUT2D eigenvalue weighted by Crippen LogP contribution is 2.23. The zero-order valence-electron chi connectivity index (χ0n) is 11.7. The molecule has 108 valence electrons. The van der Waals surface area contributed by atoms with Gasteiger partial charge in [0.1, 0.15) is 0 Å². The molecule has 1 aromatic rings. The Bertz CT molecular complexity index is 476. The molecule has 20 heavy (non-hydrogen) atoms. The number of thiophene rings is 1. The number of ether oxygens (including phenoxy) is 1. The van der Waals surface area contributed by atoms with Crippen LogP contribution in [0.2, 0.25) is 0 Å². The third kappa shape index (κ3) is 3.55. The van der Waals surface area contributed by atoms with Crippen molar-refractivity contribution in [2.45, 2.75) is 25.8 Å². The van der Waals surface area contributed by atoms with Gasteiger partial charge >= 0.3 is 0 Å². The number of hydrogen-bond acceptors (Lipinski definition) is 4. The topological polar surface area (TPSA) is 50.7 Å². The van der Waals surface area contributed by atoms with E-state index in [1.54, 1.807) is 0 Å². The fourth-order valence-electron chi connectivity index (χ4n) is 2.45. The van der Waals surface area contributed by atoms with Crippen molar-refractivity contribution in [3.8, 4) is 0 Å². The summed E-state index contributed by atoms with van der Waals surface area (Å²) in [7, 11) is 0. The molecule has 1 N–H and O–H groups in total. The zero-order valence-corrected chi connectivity index (χ0v) is 12.5. The molecule has 1 fully saturated rings. The summed E-state index contributed by atoms with van der Waals surface area (Å²) >= 11 is 1.51. The van der Waals surface area contributed by atoms with Crippen molar-refractivity contribution in [2.24, 2.45) is 10.9 Å². The second kappa shape index (κ2) is 7.36. The summed E-state index contributed by atoms with van der Waals surface area (Å²) in [5.41, 5.74) is 1.50. The van der Waals surface area contributed by atoms with Crippen LogP contribution in [0.1, 0.15) is 30.1 Å². The van der Waals surface area contributed by atoms with E-state index in [4.69, 9.17) is 4.74 Å². The summed E-state index contributed by atoms with van der Waals surface area (Å²) in [6.45, 7) is 6.98. The molecule has 2 unspecified atom stereocenters. The van der Waals surface area contributed by atoms with E-state index < -0.39 is 0 Å². The van der Waals surface area contributed by atoms with Crippen LogP contribution in [0, 0.1) is 5.92 Å². The highest BCUT2D eigenvalue weighted by Gasteiger charge is 2.28. The van der Waals surface area contributed by atoms with Crippen molar-refractivity contribution in [1.29, 1.82) is 0 Å². The molecule has 4 nitrogen and oxygen atoms in total. The number of carbonyl (C=O) groups excluding carboxylic acids is 1. The van der Waals surface area contributed by atoms with Crippen molar-refractivity contribution in [3.05, 3.63) is 34.2 Å². The predicted molar refractivity (Wildman–Crippen MR) is 82.4 cm³/mol. The lowest BCUT2D eigenvalue weighted by Gasteiger charge is -2.31. The highest BCUT2D eigenvalue weighted by molar-refractivity contribution is 7.08. The average molecular weight is 292 g/mol. The van der Waals surface area contributed by atoms with Crippen LogP contribution >= 0.6 is 11.3 Å². The van der Waals surface area contributed by atoms with E-state index in [1.165, 1.54) is 11.3 Å². The summed E-state index contributed by atoms with van der Waals surface area (Å²) in [5.74, 6) is 0.188. The fourth-order valence-corrected chi connectivity index (χ4v) is 3.09. The molecule has 1 aliphatic rings. The molecule has 2 heterocycles. The molecule has 0 radical (unpaired) electrons. The number of nitrogens with one attached hydrogen (secondary N) is 1. The Labute approximate surface area is 123 Å². The molecule has 0 aliphatic carbocycles. The Morgan fingerprint density at radius 2 is 2.55 bits per heavy atom. The first kappa shape index (κ1) is 14.9. The standard InChI is InChI=1S/C15H20N2O2S/c1-3-13(16-2)14(11-5-4-7-19-9-11)17-15(18)12-6-8-20-10-12/h3,6,8,10-11,14H,2,4-5,7,9H2,1H3,(H,17,18). The van der Waals surface area contributed by atoms with E-state index in [0.717, 1.165) is 25.1 Å². The number of aliphatic imine (C=N–C) groups is 1. The Morgan fingerprint density at radius 1 is 1.70 bits per heavy atom. The summed E-state index contributed by atoms with van der Waals surface area (Å²) in [5, 5.41) is 6.82. The minimum atomic E-state index is -0.134. The average Bonchev–Trinajstić information content (AvgIpc) is 3.02. The van der Waals surface area contributed by atoms with Gasteiger partial charge in [-0.1, -0.05) is 6.08 Å². The van der Waals surface area contributed by atoms with Crippen molar-refractivity contribution >= 4 is 24.0 Å². The second-order valence-corrected chi connectivity index (χ2v) is 5.59. The van der Waals surface area contributed by atoms with E-state index in [-0.39, 0.29) is 17.9 Å². The van der Waals surface area contributed by atoms with Crippen molar-refractivity contribution in [3.63, 3.8) is 0 Å². The molecule has 1 amide bonds. The van der Waals surface area contributed by atoms with Gasteiger partial charge in [0.25, 0.3) is 5.91 Å². The smallest absolute Gasteiger partial charge is 0.252 e. The third-order valence-corrected chi connectivity index (χ3v) is 4.22. The Kier molecular flexibility index (Phi) is 5.49. The first-order valence-corrected chi connectivity index (χ1v) is 7.74. The molecular weight excluding hydrogens is 272 g/mol. The molecule has 0 aromatic carbocycles. The summed E-state index contributed by atoms with van der Waals surface area (Å²) in [4.78, 5) is 16.3. The zero-order chi connectivity index (χ0) is 14.4. The molecule has 0 spiro atoms. The maximum atomic E-state index is 12.3. The molecule has 1 aromatic heterocycles. The summed E-state index contributed by atoms with van der Waals surface area (Å²) < 4.78 is 5.54. The van der Waals surface area contributed by atoms with E-state index >= 15 is 0 Å². The van der Waals surface area contributed by atoms with Crippen LogP contribution in [-0.4, -0.2) is 31.9 Å². The van der Waals surface area contributed by atoms with Gasteiger partial charge in [0, 0.05) is 17.9 Å². The number of nitrogens with zero attached hydrogens (tertiary/aromatic N) is 1.